The molecule has 184 valence electrons. The van der Waals surface area contributed by atoms with E-state index in [9.17, 15) is 19.5 Å². The number of alkyl carbamates (subject to hydrolysis) is 1. The lowest BCUT2D eigenvalue weighted by atomic mass is 9.91. The van der Waals surface area contributed by atoms with Gasteiger partial charge in [0.1, 0.15) is 6.61 Å². The van der Waals surface area contributed by atoms with Crippen molar-refractivity contribution < 1.29 is 29.3 Å². The fourth-order valence-corrected chi connectivity index (χ4v) is 5.71. The van der Waals surface area contributed by atoms with E-state index in [0.717, 1.165) is 11.1 Å². The lowest BCUT2D eigenvalue weighted by Crippen LogP contribution is -2.51. The molecule has 8 nitrogen and oxygen atoms in total. The molecule has 1 heterocycles. The van der Waals surface area contributed by atoms with Crippen LogP contribution in [0.2, 0.25) is 0 Å². The van der Waals surface area contributed by atoms with Crippen LogP contribution in [0, 0.1) is 5.92 Å². The zero-order chi connectivity index (χ0) is 24.6. The van der Waals surface area contributed by atoms with E-state index in [2.05, 4.69) is 29.6 Å². The summed E-state index contributed by atoms with van der Waals surface area (Å²) in [5.41, 5.74) is 2.91. The van der Waals surface area contributed by atoms with Gasteiger partial charge in [0.25, 0.3) is 0 Å². The van der Waals surface area contributed by atoms with Crippen molar-refractivity contribution in [3.8, 4) is 11.1 Å². The van der Waals surface area contributed by atoms with Crippen molar-refractivity contribution >= 4 is 18.0 Å². The second kappa shape index (κ2) is 9.34. The van der Waals surface area contributed by atoms with Crippen molar-refractivity contribution in [1.82, 2.24) is 10.2 Å². The van der Waals surface area contributed by atoms with Crippen molar-refractivity contribution in [3.05, 3.63) is 59.7 Å². The molecule has 3 aliphatic rings. The first-order chi connectivity index (χ1) is 16.9. The minimum Gasteiger partial charge on any atom is -0.479 e. The summed E-state index contributed by atoms with van der Waals surface area (Å²) in [6, 6.07) is 16.2. The molecule has 0 aromatic heterocycles. The first kappa shape index (κ1) is 23.4. The third-order valence-corrected chi connectivity index (χ3v) is 7.75. The van der Waals surface area contributed by atoms with E-state index >= 15 is 0 Å². The van der Waals surface area contributed by atoms with Gasteiger partial charge in [-0.05, 0) is 41.5 Å². The first-order valence-corrected chi connectivity index (χ1v) is 12.2. The van der Waals surface area contributed by atoms with E-state index in [1.165, 1.54) is 11.1 Å². The fourth-order valence-electron chi connectivity index (χ4n) is 5.71. The zero-order valence-electron chi connectivity index (χ0n) is 19.5. The molecule has 1 saturated carbocycles. The molecule has 8 heteroatoms. The normalized spacial score (nSPS) is 22.8. The van der Waals surface area contributed by atoms with E-state index in [-0.39, 0.29) is 56.3 Å². The predicted octanol–water partition coefficient (Wildman–Crippen LogP) is 3.13. The van der Waals surface area contributed by atoms with Gasteiger partial charge in [0.2, 0.25) is 5.91 Å². The summed E-state index contributed by atoms with van der Waals surface area (Å²) >= 11 is 0. The van der Waals surface area contributed by atoms with E-state index in [0.29, 0.717) is 19.3 Å². The van der Waals surface area contributed by atoms with Gasteiger partial charge in [-0.3, -0.25) is 4.79 Å². The average molecular weight is 479 g/mol. The molecule has 1 saturated heterocycles. The topological polar surface area (TPSA) is 116 Å². The van der Waals surface area contributed by atoms with E-state index in [1.54, 1.807) is 4.90 Å². The Bertz CT molecular complexity index is 1090. The number of nitrogens with one attached hydrogen (secondary N) is 1. The number of piperidine rings is 1. The number of likely N-dealkylation sites (tertiary alicyclic amines) is 1. The van der Waals surface area contributed by atoms with E-state index in [4.69, 9.17) is 9.84 Å². The van der Waals surface area contributed by atoms with Gasteiger partial charge in [0.15, 0.2) is 5.60 Å². The molecule has 0 bridgehead atoms. The second-order valence-electron chi connectivity index (χ2n) is 9.84. The largest absolute Gasteiger partial charge is 0.479 e. The molecule has 2 fully saturated rings. The van der Waals surface area contributed by atoms with Crippen molar-refractivity contribution in [2.24, 2.45) is 5.92 Å². The van der Waals surface area contributed by atoms with Crippen LogP contribution in [-0.4, -0.2) is 64.4 Å². The summed E-state index contributed by atoms with van der Waals surface area (Å²) in [5, 5.41) is 22.2. The summed E-state index contributed by atoms with van der Waals surface area (Å²) in [7, 11) is 0. The molecule has 5 rings (SSSR count). The summed E-state index contributed by atoms with van der Waals surface area (Å²) in [6.07, 6.45) is 1.46. The number of benzene rings is 2. The standard InChI is InChI=1S/C27H30N2O6/c30-24(29-13-11-27(34,12-14-29)25(31)32)17-9-10-18(15-17)28-26(33)35-16-23-21-7-3-1-5-19(21)20-6-2-4-8-22(20)23/h1-8,17-18,23,34H,9-16H2,(H,28,33)(H,31,32)/t17-,18+/m1/s1. The average Bonchev–Trinajstić information content (AvgIpc) is 3.45. The summed E-state index contributed by atoms with van der Waals surface area (Å²) in [6.45, 7) is 0.695. The highest BCUT2D eigenvalue weighted by molar-refractivity contribution is 5.81. The monoisotopic (exact) mass is 478 g/mol. The maximum atomic E-state index is 12.9. The quantitative estimate of drug-likeness (QED) is 0.608. The van der Waals surface area contributed by atoms with Gasteiger partial charge >= 0.3 is 12.1 Å². The smallest absolute Gasteiger partial charge is 0.407 e. The van der Waals surface area contributed by atoms with Gasteiger partial charge in [-0.15, -0.1) is 0 Å². The van der Waals surface area contributed by atoms with Crippen LogP contribution in [-0.2, 0) is 14.3 Å². The van der Waals surface area contributed by atoms with Gasteiger partial charge in [-0.1, -0.05) is 48.5 Å². The van der Waals surface area contributed by atoms with Crippen molar-refractivity contribution in [1.29, 1.82) is 0 Å². The molecule has 35 heavy (non-hydrogen) atoms. The molecular weight excluding hydrogens is 448 g/mol. The Morgan fingerprint density at radius 3 is 2.17 bits per heavy atom. The highest BCUT2D eigenvalue weighted by Crippen LogP contribution is 2.44. The molecule has 2 aliphatic carbocycles. The molecule has 0 radical (unpaired) electrons. The van der Waals surface area contributed by atoms with Crippen LogP contribution in [0.4, 0.5) is 4.79 Å². The van der Waals surface area contributed by atoms with Crippen molar-refractivity contribution in [2.45, 2.75) is 49.7 Å². The molecule has 0 spiro atoms. The van der Waals surface area contributed by atoms with Gasteiger partial charge in [0.05, 0.1) is 0 Å². The van der Waals surface area contributed by atoms with Gasteiger partial charge in [-0.25, -0.2) is 9.59 Å². The van der Waals surface area contributed by atoms with Gasteiger partial charge in [-0.2, -0.15) is 0 Å². The van der Waals surface area contributed by atoms with Crippen LogP contribution in [0.3, 0.4) is 0 Å². The lowest BCUT2D eigenvalue weighted by Gasteiger charge is -2.36. The number of aliphatic carboxylic acids is 1. The van der Waals surface area contributed by atoms with Crippen LogP contribution in [0.15, 0.2) is 48.5 Å². The highest BCUT2D eigenvalue weighted by Gasteiger charge is 2.42. The number of amides is 2. The third-order valence-electron chi connectivity index (χ3n) is 7.75. The number of carbonyl (C=O) groups excluding carboxylic acids is 2. The van der Waals surface area contributed by atoms with Crippen LogP contribution >= 0.6 is 0 Å². The van der Waals surface area contributed by atoms with Gasteiger partial charge < -0.3 is 25.2 Å². The molecule has 1 aliphatic heterocycles. The number of carboxylic acids is 1. The van der Waals surface area contributed by atoms with Crippen molar-refractivity contribution in [2.75, 3.05) is 19.7 Å². The Morgan fingerprint density at radius 2 is 1.57 bits per heavy atom. The SMILES string of the molecule is O=C(N[C@H]1CC[C@@H](C(=O)N2CCC(O)(C(=O)O)CC2)C1)OCC1c2ccccc2-c2ccccc21. The van der Waals surface area contributed by atoms with Crippen LogP contribution in [0.25, 0.3) is 11.1 Å². The Hall–Kier alpha value is -3.39. The number of hydrogen-bond acceptors (Lipinski definition) is 5. The Kier molecular flexibility index (Phi) is 6.23. The molecule has 2 aromatic carbocycles. The van der Waals surface area contributed by atoms with E-state index in [1.807, 2.05) is 24.3 Å². The van der Waals surface area contributed by atoms with Crippen LogP contribution < -0.4 is 5.32 Å². The molecule has 2 atom stereocenters. The Morgan fingerprint density at radius 1 is 0.971 bits per heavy atom. The molecular formula is C27H30N2O6. The summed E-state index contributed by atoms with van der Waals surface area (Å²) < 4.78 is 5.63. The lowest BCUT2D eigenvalue weighted by molar-refractivity contribution is -0.165. The third kappa shape index (κ3) is 4.50. The molecule has 2 amide bonds. The highest BCUT2D eigenvalue weighted by atomic mass is 16.5. The minimum atomic E-state index is -1.75. The number of hydrogen-bond donors (Lipinski definition) is 3. The number of carboxylic acid groups (broad SMARTS) is 1. The van der Waals surface area contributed by atoms with Crippen molar-refractivity contribution in [3.63, 3.8) is 0 Å². The number of carbonyl (C=O) groups is 3. The van der Waals surface area contributed by atoms with Crippen LogP contribution in [0.5, 0.6) is 0 Å². The maximum absolute atomic E-state index is 12.9. The Labute approximate surface area is 203 Å². The minimum absolute atomic E-state index is 0.00500. The number of aliphatic hydroxyl groups is 1. The molecule has 2 aromatic rings. The first-order valence-electron chi connectivity index (χ1n) is 12.2. The summed E-state index contributed by atoms with van der Waals surface area (Å²) in [4.78, 5) is 38.3. The van der Waals surface area contributed by atoms with E-state index < -0.39 is 17.7 Å². The molecule has 3 N–H and O–H groups in total. The summed E-state index contributed by atoms with van der Waals surface area (Å²) in [5.74, 6) is -1.49. The fraction of sp³-hybridized carbons (Fsp3) is 0.444. The van der Waals surface area contributed by atoms with Crippen LogP contribution in [0.1, 0.15) is 49.1 Å². The predicted molar refractivity (Wildman–Crippen MR) is 128 cm³/mol. The van der Waals surface area contributed by atoms with Gasteiger partial charge in [0, 0.05) is 43.8 Å². The number of rotatable bonds is 5. The molecule has 0 unspecified atom stereocenters. The zero-order valence-corrected chi connectivity index (χ0v) is 19.5. The maximum Gasteiger partial charge on any atom is 0.407 e. The Balaban J connectivity index is 1.12. The number of ether oxygens (including phenoxy) is 1. The number of nitrogens with zero attached hydrogens (tertiary/aromatic N) is 1. The number of fused-ring (bicyclic) bond motifs is 3. The second-order valence-corrected chi connectivity index (χ2v) is 9.84.